The number of fused-ring (bicyclic) bond motifs is 2. The molecule has 174 valence electrons. The van der Waals surface area contributed by atoms with Gasteiger partial charge in [0.15, 0.2) is 16.9 Å². The Morgan fingerprint density at radius 2 is 1.94 bits per heavy atom. The fourth-order valence-electron chi connectivity index (χ4n) is 4.23. The van der Waals surface area contributed by atoms with Crippen LogP contribution < -0.4 is 10.7 Å². The number of nitrogens with zero attached hydrogens (tertiary/aromatic N) is 5. The van der Waals surface area contributed by atoms with Gasteiger partial charge in [0.25, 0.3) is 0 Å². The van der Waals surface area contributed by atoms with Gasteiger partial charge in [0, 0.05) is 18.2 Å². The van der Waals surface area contributed by atoms with Gasteiger partial charge >= 0.3 is 0 Å². The van der Waals surface area contributed by atoms with E-state index in [0.717, 1.165) is 16.6 Å². The van der Waals surface area contributed by atoms with E-state index in [0.29, 0.717) is 39.2 Å². The summed E-state index contributed by atoms with van der Waals surface area (Å²) in [5, 5.41) is 17.9. The first-order valence-corrected chi connectivity index (χ1v) is 11.3. The second-order valence-corrected chi connectivity index (χ2v) is 8.91. The van der Waals surface area contributed by atoms with E-state index in [2.05, 4.69) is 26.5 Å². The van der Waals surface area contributed by atoms with Crippen LogP contribution in [0.2, 0.25) is 5.15 Å². The van der Waals surface area contributed by atoms with Crippen molar-refractivity contribution in [3.63, 3.8) is 0 Å². The molecule has 4 aromatic heterocycles. The molecule has 0 radical (unpaired) electrons. The van der Waals surface area contributed by atoms with Crippen LogP contribution in [0.15, 0.2) is 51.8 Å². The van der Waals surface area contributed by atoms with Gasteiger partial charge in [-0.1, -0.05) is 17.7 Å². The summed E-state index contributed by atoms with van der Waals surface area (Å²) in [4.78, 5) is 22.2. The maximum Gasteiger partial charge on any atom is 0.196 e. The van der Waals surface area contributed by atoms with Gasteiger partial charge in [-0.15, -0.1) is 0 Å². The van der Waals surface area contributed by atoms with Gasteiger partial charge in [-0.05, 0) is 56.7 Å². The van der Waals surface area contributed by atoms with Crippen LogP contribution in [0.4, 0.5) is 5.69 Å². The maximum atomic E-state index is 13.4. The summed E-state index contributed by atoms with van der Waals surface area (Å²) in [6.07, 6.45) is 1.82. The lowest BCUT2D eigenvalue weighted by Crippen LogP contribution is -2.13. The summed E-state index contributed by atoms with van der Waals surface area (Å²) >= 11 is 5.94. The molecule has 0 fully saturated rings. The van der Waals surface area contributed by atoms with Crippen molar-refractivity contribution in [3.05, 3.63) is 80.4 Å². The van der Waals surface area contributed by atoms with Crippen molar-refractivity contribution in [2.75, 3.05) is 5.32 Å². The first-order valence-electron chi connectivity index (χ1n) is 11.0. The van der Waals surface area contributed by atoms with E-state index >= 15 is 0 Å². The molecule has 0 aliphatic heterocycles. The zero-order valence-corrected chi connectivity index (χ0v) is 20.3. The van der Waals surface area contributed by atoms with Crippen molar-refractivity contribution in [1.82, 2.24) is 19.7 Å². The topological polar surface area (TPSA) is 110 Å². The molecule has 4 heterocycles. The Bertz CT molecular complexity index is 1730. The Labute approximate surface area is 205 Å². The Morgan fingerprint density at radius 1 is 1.14 bits per heavy atom. The molecule has 0 saturated heterocycles. The van der Waals surface area contributed by atoms with Crippen LogP contribution in [-0.2, 0) is 7.05 Å². The molecule has 1 atom stereocenters. The third-order valence-electron chi connectivity index (χ3n) is 5.91. The highest BCUT2D eigenvalue weighted by molar-refractivity contribution is 6.29. The summed E-state index contributed by atoms with van der Waals surface area (Å²) in [6.45, 7) is 5.61. The highest BCUT2D eigenvalue weighted by Crippen LogP contribution is 2.32. The van der Waals surface area contributed by atoms with Crippen LogP contribution in [0.25, 0.3) is 33.5 Å². The molecule has 0 unspecified atom stereocenters. The summed E-state index contributed by atoms with van der Waals surface area (Å²) in [7, 11) is 1.83. The average molecular weight is 485 g/mol. The monoisotopic (exact) mass is 484 g/mol. The van der Waals surface area contributed by atoms with Crippen LogP contribution in [-0.4, -0.2) is 19.7 Å². The lowest BCUT2D eigenvalue weighted by molar-refractivity contribution is 0.603. The Morgan fingerprint density at radius 3 is 2.71 bits per heavy atom. The molecule has 0 bridgehead atoms. The lowest BCUT2D eigenvalue weighted by atomic mass is 9.99. The Hall–Kier alpha value is -4.22. The highest BCUT2D eigenvalue weighted by atomic mass is 35.5. The van der Waals surface area contributed by atoms with E-state index in [-0.39, 0.29) is 22.3 Å². The van der Waals surface area contributed by atoms with Crippen LogP contribution in [0, 0.1) is 25.2 Å². The van der Waals surface area contributed by atoms with Crippen molar-refractivity contribution in [1.29, 1.82) is 5.26 Å². The molecule has 0 spiro atoms. The van der Waals surface area contributed by atoms with E-state index in [1.54, 1.807) is 29.8 Å². The summed E-state index contributed by atoms with van der Waals surface area (Å²) in [5.74, 6) is 0.413. The van der Waals surface area contributed by atoms with E-state index in [4.69, 9.17) is 16.0 Å². The SMILES string of the molecule is Cc1cc([C@@H](C)Nc2ccc(Cl)nc2C#N)c2oc(-c3ccc4nn(C)cc4n3)c(C)c(=O)c2c1. The number of aromatic nitrogens is 4. The third kappa shape index (κ3) is 4.00. The minimum absolute atomic E-state index is 0.114. The van der Waals surface area contributed by atoms with Gasteiger partial charge in [-0.2, -0.15) is 10.4 Å². The standard InChI is InChI=1S/C26H21ClN6O2/c1-13-9-16(15(3)29-18-7-8-23(27)31-21(18)11-28)26-17(10-13)24(34)14(2)25(35-26)20-6-5-19-22(30-20)12-33(4)32-19/h5-10,12,15,29H,1-4H3/t15-/m1/s1. The molecular weight excluding hydrogens is 464 g/mol. The van der Waals surface area contributed by atoms with Gasteiger partial charge in [-0.25, -0.2) is 9.97 Å². The predicted molar refractivity (Wildman–Crippen MR) is 135 cm³/mol. The van der Waals surface area contributed by atoms with Gasteiger partial charge < -0.3 is 9.73 Å². The molecule has 0 amide bonds. The van der Waals surface area contributed by atoms with Gasteiger partial charge in [0.1, 0.15) is 33.5 Å². The van der Waals surface area contributed by atoms with Crippen LogP contribution in [0.5, 0.6) is 0 Å². The number of hydrogen-bond acceptors (Lipinski definition) is 7. The molecule has 35 heavy (non-hydrogen) atoms. The largest absolute Gasteiger partial charge is 0.454 e. The minimum atomic E-state index is -0.306. The summed E-state index contributed by atoms with van der Waals surface area (Å²) in [6, 6.07) is 12.5. The number of benzene rings is 1. The molecular formula is C26H21ClN6O2. The number of halogens is 1. The van der Waals surface area contributed by atoms with Crippen molar-refractivity contribution in [2.24, 2.45) is 7.05 Å². The van der Waals surface area contributed by atoms with E-state index in [1.165, 1.54) is 0 Å². The number of pyridine rings is 2. The molecule has 5 rings (SSSR count). The van der Waals surface area contributed by atoms with Gasteiger partial charge in [0.2, 0.25) is 0 Å². The number of hydrogen-bond donors (Lipinski definition) is 1. The molecule has 1 N–H and O–H groups in total. The second-order valence-electron chi connectivity index (χ2n) is 8.53. The molecule has 5 aromatic rings. The minimum Gasteiger partial charge on any atom is -0.454 e. The van der Waals surface area contributed by atoms with Crippen LogP contribution >= 0.6 is 11.6 Å². The Balaban J connectivity index is 1.68. The van der Waals surface area contributed by atoms with Crippen LogP contribution in [0.1, 0.15) is 35.3 Å². The zero-order valence-electron chi connectivity index (χ0n) is 19.5. The highest BCUT2D eigenvalue weighted by Gasteiger charge is 2.20. The summed E-state index contributed by atoms with van der Waals surface area (Å²) in [5.41, 5.74) is 5.30. The molecule has 9 heteroatoms. The smallest absolute Gasteiger partial charge is 0.196 e. The van der Waals surface area contributed by atoms with Crippen molar-refractivity contribution < 1.29 is 4.42 Å². The van der Waals surface area contributed by atoms with Crippen molar-refractivity contribution in [3.8, 4) is 17.5 Å². The molecule has 0 aliphatic rings. The van der Waals surface area contributed by atoms with Gasteiger partial charge in [0.05, 0.1) is 23.3 Å². The number of nitrogens with one attached hydrogen (secondary N) is 1. The third-order valence-corrected chi connectivity index (χ3v) is 6.12. The summed E-state index contributed by atoms with van der Waals surface area (Å²) < 4.78 is 8.10. The molecule has 0 saturated carbocycles. The number of rotatable bonds is 4. The fraction of sp³-hybridized carbons (Fsp3) is 0.192. The molecule has 0 aliphatic carbocycles. The maximum absolute atomic E-state index is 13.4. The second kappa shape index (κ2) is 8.53. The van der Waals surface area contributed by atoms with Crippen molar-refractivity contribution >= 4 is 39.3 Å². The number of nitriles is 1. The lowest BCUT2D eigenvalue weighted by Gasteiger charge is -2.19. The molecule has 1 aromatic carbocycles. The normalized spacial score (nSPS) is 12.1. The first kappa shape index (κ1) is 22.6. The average Bonchev–Trinajstić information content (AvgIpc) is 3.21. The van der Waals surface area contributed by atoms with Crippen molar-refractivity contribution in [2.45, 2.75) is 26.8 Å². The van der Waals surface area contributed by atoms with E-state index < -0.39 is 0 Å². The number of anilines is 1. The van der Waals surface area contributed by atoms with E-state index in [1.807, 2.05) is 45.3 Å². The van der Waals surface area contributed by atoms with Crippen LogP contribution in [0.3, 0.4) is 0 Å². The fourth-order valence-corrected chi connectivity index (χ4v) is 4.38. The van der Waals surface area contributed by atoms with E-state index in [9.17, 15) is 10.1 Å². The predicted octanol–water partition coefficient (Wildman–Crippen LogP) is 5.45. The zero-order chi connectivity index (χ0) is 24.9. The first-order chi connectivity index (χ1) is 16.7. The molecule has 8 nitrogen and oxygen atoms in total. The number of aryl methyl sites for hydroxylation is 2. The Kier molecular flexibility index (Phi) is 5.50. The quantitative estimate of drug-likeness (QED) is 0.337. The van der Waals surface area contributed by atoms with Gasteiger partial charge in [-0.3, -0.25) is 9.48 Å².